The molecule has 1 amide bonds. The van der Waals surface area contributed by atoms with Crippen LogP contribution < -0.4 is 0 Å². The minimum absolute atomic E-state index is 0.0309. The number of fused-ring (bicyclic) bond motifs is 1. The van der Waals surface area contributed by atoms with E-state index < -0.39 is 0 Å². The molecule has 0 N–H and O–H groups in total. The van der Waals surface area contributed by atoms with Crippen molar-refractivity contribution < 1.29 is 9.53 Å². The van der Waals surface area contributed by atoms with E-state index in [1.54, 1.807) is 6.20 Å². The van der Waals surface area contributed by atoms with Crippen LogP contribution in [0.2, 0.25) is 0 Å². The van der Waals surface area contributed by atoms with Gasteiger partial charge in [-0.3, -0.25) is 9.48 Å². The van der Waals surface area contributed by atoms with Gasteiger partial charge in [0.15, 0.2) is 0 Å². The molecule has 8 nitrogen and oxygen atoms in total. The maximum atomic E-state index is 13.1. The first kappa shape index (κ1) is 16.3. The number of ether oxygens (including phenoxy) is 1. The van der Waals surface area contributed by atoms with Crippen LogP contribution in [0.15, 0.2) is 18.5 Å². The first-order chi connectivity index (χ1) is 12.3. The normalized spacial score (nSPS) is 21.4. The third-order valence-electron chi connectivity index (χ3n) is 4.89. The first-order valence-electron chi connectivity index (χ1n) is 9.11. The standard InChI is InChI=1S/C17H24N6O2/c24-17(16-20-19-15-6-2-1-3-10-23(15)16)21-8-5-11-25-14(12-21)13-22-9-4-7-18-22/h4,7,9,14H,1-3,5-6,8,10-13H2/t14-/m1/s1. The fraction of sp³-hybridized carbons (Fsp3) is 0.647. The van der Waals surface area contributed by atoms with Crippen LogP contribution in [0.3, 0.4) is 0 Å². The van der Waals surface area contributed by atoms with Gasteiger partial charge in [-0.05, 0) is 25.3 Å². The molecule has 2 aromatic heterocycles. The predicted molar refractivity (Wildman–Crippen MR) is 90.1 cm³/mol. The fourth-order valence-electron chi connectivity index (χ4n) is 3.59. The van der Waals surface area contributed by atoms with Gasteiger partial charge in [-0.1, -0.05) is 6.42 Å². The van der Waals surface area contributed by atoms with Gasteiger partial charge in [-0.2, -0.15) is 5.10 Å². The minimum atomic E-state index is -0.0575. The van der Waals surface area contributed by atoms with Gasteiger partial charge in [-0.15, -0.1) is 10.2 Å². The summed E-state index contributed by atoms with van der Waals surface area (Å²) in [4.78, 5) is 14.9. The van der Waals surface area contributed by atoms with E-state index in [0.717, 1.165) is 38.1 Å². The van der Waals surface area contributed by atoms with E-state index in [0.29, 0.717) is 32.1 Å². The number of aryl methyl sites for hydroxylation is 1. The summed E-state index contributed by atoms with van der Waals surface area (Å²) < 4.78 is 9.78. The van der Waals surface area contributed by atoms with Crippen LogP contribution in [0, 0.1) is 0 Å². The minimum Gasteiger partial charge on any atom is -0.374 e. The number of carbonyl (C=O) groups is 1. The third kappa shape index (κ3) is 3.58. The monoisotopic (exact) mass is 344 g/mol. The molecule has 4 rings (SSSR count). The summed E-state index contributed by atoms with van der Waals surface area (Å²) in [5.41, 5.74) is 0. The van der Waals surface area contributed by atoms with E-state index in [4.69, 9.17) is 4.74 Å². The van der Waals surface area contributed by atoms with Gasteiger partial charge in [-0.25, -0.2) is 0 Å². The molecule has 25 heavy (non-hydrogen) atoms. The Bertz CT molecular complexity index is 711. The van der Waals surface area contributed by atoms with E-state index in [2.05, 4.69) is 15.3 Å². The highest BCUT2D eigenvalue weighted by Gasteiger charge is 2.28. The van der Waals surface area contributed by atoms with Crippen molar-refractivity contribution in [2.45, 2.75) is 51.3 Å². The van der Waals surface area contributed by atoms with Gasteiger partial charge in [0.05, 0.1) is 12.6 Å². The van der Waals surface area contributed by atoms with E-state index in [1.165, 1.54) is 6.42 Å². The zero-order chi connectivity index (χ0) is 17.1. The molecule has 1 fully saturated rings. The fourth-order valence-corrected chi connectivity index (χ4v) is 3.59. The van der Waals surface area contributed by atoms with Gasteiger partial charge < -0.3 is 14.2 Å². The highest BCUT2D eigenvalue weighted by molar-refractivity contribution is 5.90. The highest BCUT2D eigenvalue weighted by atomic mass is 16.5. The topological polar surface area (TPSA) is 78.1 Å². The van der Waals surface area contributed by atoms with Gasteiger partial charge in [0, 0.05) is 45.1 Å². The summed E-state index contributed by atoms with van der Waals surface area (Å²) in [6, 6.07) is 1.89. The number of aromatic nitrogens is 5. The number of hydrogen-bond donors (Lipinski definition) is 0. The molecule has 8 heteroatoms. The Morgan fingerprint density at radius 3 is 3.04 bits per heavy atom. The molecule has 0 saturated carbocycles. The molecule has 134 valence electrons. The summed E-state index contributed by atoms with van der Waals surface area (Å²) in [6.07, 6.45) is 8.74. The lowest BCUT2D eigenvalue weighted by Gasteiger charge is -2.23. The van der Waals surface area contributed by atoms with Crippen molar-refractivity contribution in [3.05, 3.63) is 30.1 Å². The number of amides is 1. The van der Waals surface area contributed by atoms with Crippen molar-refractivity contribution in [1.29, 1.82) is 0 Å². The summed E-state index contributed by atoms with van der Waals surface area (Å²) in [5, 5.41) is 12.7. The Morgan fingerprint density at radius 1 is 1.20 bits per heavy atom. The number of carbonyl (C=O) groups excluding carboxylic acids is 1. The van der Waals surface area contributed by atoms with Gasteiger partial charge >= 0.3 is 0 Å². The van der Waals surface area contributed by atoms with Crippen LogP contribution >= 0.6 is 0 Å². The first-order valence-corrected chi connectivity index (χ1v) is 9.11. The molecule has 0 bridgehead atoms. The summed E-state index contributed by atoms with van der Waals surface area (Å²) in [7, 11) is 0. The quantitative estimate of drug-likeness (QED) is 0.834. The predicted octanol–water partition coefficient (Wildman–Crippen LogP) is 1.13. The zero-order valence-electron chi connectivity index (χ0n) is 14.4. The zero-order valence-corrected chi connectivity index (χ0v) is 14.4. The smallest absolute Gasteiger partial charge is 0.291 e. The van der Waals surface area contributed by atoms with Crippen molar-refractivity contribution in [2.24, 2.45) is 0 Å². The van der Waals surface area contributed by atoms with E-state index >= 15 is 0 Å². The van der Waals surface area contributed by atoms with Crippen LogP contribution in [0.1, 0.15) is 42.1 Å². The lowest BCUT2D eigenvalue weighted by molar-refractivity contribution is 0.0362. The van der Waals surface area contributed by atoms with E-state index in [1.807, 2.05) is 26.4 Å². The molecular weight excluding hydrogens is 320 g/mol. The molecule has 2 aromatic rings. The van der Waals surface area contributed by atoms with Crippen molar-refractivity contribution in [2.75, 3.05) is 19.7 Å². The molecule has 1 saturated heterocycles. The van der Waals surface area contributed by atoms with E-state index in [9.17, 15) is 4.79 Å². The SMILES string of the molecule is O=C(c1nnc2n1CCCCC2)N1CCCO[C@@H](Cn2cccn2)C1. The second-order valence-corrected chi connectivity index (χ2v) is 6.73. The molecule has 0 spiro atoms. The number of rotatable bonds is 3. The lowest BCUT2D eigenvalue weighted by Crippen LogP contribution is -2.39. The molecular formula is C17H24N6O2. The Kier molecular flexibility index (Phi) is 4.78. The molecule has 0 aliphatic carbocycles. The summed E-state index contributed by atoms with van der Waals surface area (Å²) in [5.74, 6) is 1.40. The van der Waals surface area contributed by atoms with Gasteiger partial charge in [0.1, 0.15) is 5.82 Å². The van der Waals surface area contributed by atoms with Crippen molar-refractivity contribution >= 4 is 5.91 Å². The summed E-state index contributed by atoms with van der Waals surface area (Å²) >= 11 is 0. The second-order valence-electron chi connectivity index (χ2n) is 6.73. The highest BCUT2D eigenvalue weighted by Crippen LogP contribution is 2.17. The Hall–Kier alpha value is -2.22. The maximum Gasteiger partial charge on any atom is 0.291 e. The van der Waals surface area contributed by atoms with Crippen molar-refractivity contribution in [3.8, 4) is 0 Å². The Balaban J connectivity index is 1.49. The third-order valence-corrected chi connectivity index (χ3v) is 4.89. The number of hydrogen-bond acceptors (Lipinski definition) is 5. The second kappa shape index (κ2) is 7.35. The Labute approximate surface area is 146 Å². The lowest BCUT2D eigenvalue weighted by atomic mass is 10.2. The molecule has 1 atom stereocenters. The van der Waals surface area contributed by atoms with Crippen molar-refractivity contribution in [3.63, 3.8) is 0 Å². The average Bonchev–Trinajstić information content (AvgIpc) is 3.12. The average molecular weight is 344 g/mol. The molecule has 0 aromatic carbocycles. The largest absolute Gasteiger partial charge is 0.374 e. The van der Waals surface area contributed by atoms with Crippen LogP contribution in [-0.2, 0) is 24.2 Å². The van der Waals surface area contributed by atoms with Crippen LogP contribution in [0.25, 0.3) is 0 Å². The number of nitrogens with zero attached hydrogens (tertiary/aromatic N) is 6. The van der Waals surface area contributed by atoms with Gasteiger partial charge in [0.25, 0.3) is 5.91 Å². The van der Waals surface area contributed by atoms with Crippen LogP contribution in [0.5, 0.6) is 0 Å². The van der Waals surface area contributed by atoms with Crippen LogP contribution in [0.4, 0.5) is 0 Å². The molecule has 0 unspecified atom stereocenters. The van der Waals surface area contributed by atoms with Crippen LogP contribution in [-0.4, -0.2) is 61.2 Å². The molecule has 4 heterocycles. The van der Waals surface area contributed by atoms with E-state index in [-0.39, 0.29) is 12.0 Å². The molecule has 0 radical (unpaired) electrons. The Morgan fingerprint density at radius 2 is 2.16 bits per heavy atom. The molecule has 2 aliphatic rings. The van der Waals surface area contributed by atoms with Crippen molar-refractivity contribution in [1.82, 2.24) is 29.4 Å². The molecule has 2 aliphatic heterocycles. The van der Waals surface area contributed by atoms with Gasteiger partial charge in [0.2, 0.25) is 5.82 Å². The summed E-state index contributed by atoms with van der Waals surface area (Å²) in [6.45, 7) is 3.39. The maximum absolute atomic E-state index is 13.1.